The van der Waals surface area contributed by atoms with Gasteiger partial charge in [0.1, 0.15) is 0 Å². The highest BCUT2D eigenvalue weighted by Gasteiger charge is 2.55. The number of nitrogens with zero attached hydrogens (tertiary/aromatic N) is 2. The third-order valence-corrected chi connectivity index (χ3v) is 3.48. The number of benzene rings is 2. The van der Waals surface area contributed by atoms with Gasteiger partial charge in [0.05, 0.1) is 11.3 Å². The molecule has 1 amide bonds. The molecule has 4 nitrogen and oxygen atoms in total. The molecule has 2 aromatic rings. The molecule has 0 aliphatic carbocycles. The second kappa shape index (κ2) is 5.42. The Kier molecular flexibility index (Phi) is 3.55. The Labute approximate surface area is 129 Å². The van der Waals surface area contributed by atoms with Gasteiger partial charge in [-0.15, -0.1) is 0 Å². The minimum Gasteiger partial charge on any atom is -0.623 e. The van der Waals surface area contributed by atoms with Gasteiger partial charge in [-0.25, -0.2) is 0 Å². The van der Waals surface area contributed by atoms with Crippen LogP contribution >= 0.6 is 0 Å². The van der Waals surface area contributed by atoms with Crippen molar-refractivity contribution in [3.05, 3.63) is 65.4 Å². The van der Waals surface area contributed by atoms with Crippen molar-refractivity contribution in [1.29, 1.82) is 0 Å². The number of para-hydroxylation sites is 2. The van der Waals surface area contributed by atoms with Gasteiger partial charge in [0, 0.05) is 5.69 Å². The molecule has 0 fully saturated rings. The Bertz CT molecular complexity index is 772. The van der Waals surface area contributed by atoms with Crippen molar-refractivity contribution >= 4 is 23.5 Å². The average Bonchev–Trinajstić information content (AvgIpc) is 2.60. The Balaban J connectivity index is 2.24. The van der Waals surface area contributed by atoms with Crippen molar-refractivity contribution in [3.8, 4) is 0 Å². The Morgan fingerprint density at radius 1 is 1.00 bits per heavy atom. The fourth-order valence-electron chi connectivity index (χ4n) is 2.49. The lowest BCUT2D eigenvalue weighted by Crippen LogP contribution is -2.49. The second-order valence-corrected chi connectivity index (χ2v) is 5.00. The summed E-state index contributed by atoms with van der Waals surface area (Å²) in [6, 6.07) is 11.3. The number of amides is 1. The fourth-order valence-corrected chi connectivity index (χ4v) is 2.49. The molecule has 0 saturated carbocycles. The van der Waals surface area contributed by atoms with Crippen LogP contribution in [0.3, 0.4) is 0 Å². The number of hydrogen-bond donors (Lipinski definition) is 0. The normalized spacial score (nSPS) is 18.2. The van der Waals surface area contributed by atoms with E-state index in [0.29, 0.717) is 0 Å². The average molecular weight is 320 g/mol. The van der Waals surface area contributed by atoms with Crippen molar-refractivity contribution in [2.24, 2.45) is 0 Å². The van der Waals surface area contributed by atoms with Crippen LogP contribution < -0.4 is 4.90 Å². The van der Waals surface area contributed by atoms with Crippen molar-refractivity contribution in [3.63, 3.8) is 0 Å². The highest BCUT2D eigenvalue weighted by molar-refractivity contribution is 6.08. The quantitative estimate of drug-likeness (QED) is 0.598. The summed E-state index contributed by atoms with van der Waals surface area (Å²) in [7, 11) is 0. The lowest BCUT2D eigenvalue weighted by atomic mass is 10.1. The summed E-state index contributed by atoms with van der Waals surface area (Å²) in [5.74, 6) is -1.33. The first-order chi connectivity index (χ1) is 10.9. The monoisotopic (exact) mass is 320 g/mol. The SMILES string of the molecule is O=C1C(C(F)(F)F)[N+]([O-])=Cc2ccccc2N1c1ccccc1. The Morgan fingerprint density at radius 2 is 1.61 bits per heavy atom. The molecule has 23 heavy (non-hydrogen) atoms. The summed E-state index contributed by atoms with van der Waals surface area (Å²) in [4.78, 5) is 13.4. The van der Waals surface area contributed by atoms with Crippen molar-refractivity contribution in [2.75, 3.05) is 4.90 Å². The number of halogens is 3. The summed E-state index contributed by atoms with van der Waals surface area (Å²) >= 11 is 0. The molecular weight excluding hydrogens is 309 g/mol. The third kappa shape index (κ3) is 2.65. The van der Waals surface area contributed by atoms with E-state index in [1.165, 1.54) is 24.3 Å². The van der Waals surface area contributed by atoms with E-state index in [9.17, 15) is 23.2 Å². The van der Waals surface area contributed by atoms with E-state index >= 15 is 0 Å². The van der Waals surface area contributed by atoms with Crippen LogP contribution in [-0.4, -0.2) is 29.1 Å². The predicted octanol–water partition coefficient (Wildman–Crippen LogP) is 3.23. The molecule has 2 aromatic carbocycles. The molecule has 3 rings (SSSR count). The Hall–Kier alpha value is -2.83. The highest BCUT2D eigenvalue weighted by Crippen LogP contribution is 2.34. The number of hydroxylamine groups is 1. The zero-order valence-electron chi connectivity index (χ0n) is 11.7. The van der Waals surface area contributed by atoms with Crippen LogP contribution in [0.2, 0.25) is 0 Å². The molecule has 0 saturated heterocycles. The van der Waals surface area contributed by atoms with Gasteiger partial charge in [-0.2, -0.15) is 17.9 Å². The second-order valence-electron chi connectivity index (χ2n) is 5.00. The molecule has 1 aliphatic rings. The number of hydrogen-bond acceptors (Lipinski definition) is 2. The van der Waals surface area contributed by atoms with Gasteiger partial charge in [0.2, 0.25) is 0 Å². The molecule has 1 aliphatic heterocycles. The standard InChI is InChI=1S/C16H11F3N2O2/c17-16(18,19)14-15(22)21(12-7-2-1-3-8-12)13-9-5-4-6-11(13)10-20(14)23/h1-10,14H. The zero-order valence-corrected chi connectivity index (χ0v) is 11.7. The molecule has 0 spiro atoms. The van der Waals surface area contributed by atoms with Crippen molar-refractivity contribution < 1.29 is 22.7 Å². The minimum absolute atomic E-state index is 0.233. The molecule has 0 N–H and O–H groups in total. The maximum Gasteiger partial charge on any atom is 0.462 e. The summed E-state index contributed by atoms with van der Waals surface area (Å²) in [5, 5.41) is 11.9. The largest absolute Gasteiger partial charge is 0.623 e. The first-order valence-corrected chi connectivity index (χ1v) is 6.74. The van der Waals surface area contributed by atoms with Crippen LogP contribution in [0, 0.1) is 5.21 Å². The number of rotatable bonds is 1. The fraction of sp³-hybridized carbons (Fsp3) is 0.125. The summed E-state index contributed by atoms with van der Waals surface area (Å²) in [5.41, 5.74) is 0.741. The number of carbonyl (C=O) groups is 1. The third-order valence-electron chi connectivity index (χ3n) is 3.48. The van der Waals surface area contributed by atoms with E-state index < -0.39 is 18.1 Å². The molecule has 118 valence electrons. The topological polar surface area (TPSA) is 46.4 Å². The van der Waals surface area contributed by atoms with Crippen LogP contribution in [-0.2, 0) is 4.79 Å². The Morgan fingerprint density at radius 3 is 2.26 bits per heavy atom. The molecular formula is C16H11F3N2O2. The number of alkyl halides is 3. The zero-order chi connectivity index (χ0) is 16.6. The van der Waals surface area contributed by atoms with Gasteiger partial charge >= 0.3 is 18.1 Å². The maximum atomic E-state index is 13.2. The van der Waals surface area contributed by atoms with E-state index in [1.807, 2.05) is 0 Å². The van der Waals surface area contributed by atoms with E-state index in [-0.39, 0.29) is 21.7 Å². The molecule has 1 heterocycles. The predicted molar refractivity (Wildman–Crippen MR) is 78.7 cm³/mol. The number of fused-ring (bicyclic) bond motifs is 1. The van der Waals surface area contributed by atoms with Crippen molar-refractivity contribution in [2.45, 2.75) is 12.2 Å². The van der Waals surface area contributed by atoms with Gasteiger partial charge in [-0.3, -0.25) is 9.69 Å². The molecule has 0 aromatic heterocycles. The van der Waals surface area contributed by atoms with Gasteiger partial charge in [0.15, 0.2) is 6.21 Å². The summed E-state index contributed by atoms with van der Waals surface area (Å²) < 4.78 is 39.3. The summed E-state index contributed by atoms with van der Waals surface area (Å²) in [6.45, 7) is 0. The molecule has 1 unspecified atom stereocenters. The first-order valence-electron chi connectivity index (χ1n) is 6.74. The first kappa shape index (κ1) is 15.1. The molecule has 7 heteroatoms. The van der Waals surface area contributed by atoms with Gasteiger partial charge in [-0.05, 0) is 24.3 Å². The van der Waals surface area contributed by atoms with Gasteiger partial charge < -0.3 is 5.21 Å². The molecule has 0 bridgehead atoms. The number of benzodiazepines with no additional fused rings is 1. The lowest BCUT2D eigenvalue weighted by molar-refractivity contribution is -0.523. The smallest absolute Gasteiger partial charge is 0.462 e. The number of anilines is 2. The van der Waals surface area contributed by atoms with Crippen molar-refractivity contribution in [1.82, 2.24) is 0 Å². The highest BCUT2D eigenvalue weighted by atomic mass is 19.4. The van der Waals surface area contributed by atoms with Gasteiger partial charge in [-0.1, -0.05) is 30.3 Å². The van der Waals surface area contributed by atoms with E-state index in [1.54, 1.807) is 30.3 Å². The van der Waals surface area contributed by atoms with Crippen LogP contribution in [0.1, 0.15) is 5.56 Å². The molecule has 1 atom stereocenters. The summed E-state index contributed by atoms with van der Waals surface area (Å²) in [6.07, 6.45) is -4.18. The van der Waals surface area contributed by atoms with Crippen LogP contribution in [0.25, 0.3) is 0 Å². The van der Waals surface area contributed by atoms with Gasteiger partial charge in [0.25, 0.3) is 0 Å². The van der Waals surface area contributed by atoms with Crippen LogP contribution in [0.15, 0.2) is 54.6 Å². The lowest BCUT2D eigenvalue weighted by Gasteiger charge is -2.25. The minimum atomic E-state index is -4.98. The number of carbonyl (C=O) groups excluding carboxylic acids is 1. The van der Waals surface area contributed by atoms with E-state index in [4.69, 9.17) is 0 Å². The van der Waals surface area contributed by atoms with E-state index in [0.717, 1.165) is 11.1 Å². The van der Waals surface area contributed by atoms with E-state index in [2.05, 4.69) is 0 Å². The van der Waals surface area contributed by atoms with Crippen LogP contribution in [0.5, 0.6) is 0 Å². The van der Waals surface area contributed by atoms with Crippen LogP contribution in [0.4, 0.5) is 24.5 Å². The maximum absolute atomic E-state index is 13.2. The molecule has 0 radical (unpaired) electrons.